The molecule has 27 heavy (non-hydrogen) atoms. The number of nitrogens with zero attached hydrogens (tertiary/aromatic N) is 4. The molecule has 1 fully saturated rings. The van der Waals surface area contributed by atoms with Crippen molar-refractivity contribution in [1.82, 2.24) is 18.8 Å². The molecule has 1 saturated heterocycles. The normalized spacial score (nSPS) is 17.2. The van der Waals surface area contributed by atoms with E-state index < -0.39 is 22.1 Å². The first kappa shape index (κ1) is 20.3. The quantitative estimate of drug-likeness (QED) is 0.708. The van der Waals surface area contributed by atoms with Gasteiger partial charge in [0.1, 0.15) is 15.8 Å². The number of alkyl halides is 3. The maximum atomic E-state index is 12.7. The fraction of sp³-hybridized carbons (Fsp3) is 0.429. The fourth-order valence-electron chi connectivity index (χ4n) is 2.59. The highest BCUT2D eigenvalue weighted by atomic mass is 35.5. The molecule has 1 aromatic carbocycles. The zero-order valence-corrected chi connectivity index (χ0v) is 16.1. The molecule has 0 amide bonds. The number of sulfonamides is 1. The fourth-order valence-corrected chi connectivity index (χ4v) is 4.63. The second-order valence-electron chi connectivity index (χ2n) is 5.69. The van der Waals surface area contributed by atoms with Crippen LogP contribution in [0.25, 0.3) is 0 Å². The molecule has 0 saturated carbocycles. The van der Waals surface area contributed by atoms with E-state index in [1.54, 1.807) is 0 Å². The highest BCUT2D eigenvalue weighted by Crippen LogP contribution is 2.26. The van der Waals surface area contributed by atoms with Gasteiger partial charge in [-0.25, -0.2) is 8.42 Å². The maximum Gasteiger partial charge on any atom is 0.573 e. The lowest BCUT2D eigenvalue weighted by Crippen LogP contribution is -2.48. The Hall–Kier alpha value is -1.47. The zero-order valence-electron chi connectivity index (χ0n) is 13.7. The second kappa shape index (κ2) is 7.87. The van der Waals surface area contributed by atoms with Crippen molar-refractivity contribution in [3.05, 3.63) is 34.3 Å². The highest BCUT2D eigenvalue weighted by molar-refractivity contribution is 7.89. The van der Waals surface area contributed by atoms with Crippen LogP contribution in [0.2, 0.25) is 4.34 Å². The molecule has 0 aliphatic carbocycles. The Bertz CT molecular complexity index is 882. The van der Waals surface area contributed by atoms with Crippen LogP contribution in [0.4, 0.5) is 13.2 Å². The van der Waals surface area contributed by atoms with Gasteiger partial charge in [0.25, 0.3) is 0 Å². The average molecular weight is 443 g/mol. The molecular formula is C14H14ClF3N4O3S2. The van der Waals surface area contributed by atoms with Crippen molar-refractivity contribution in [2.45, 2.75) is 17.8 Å². The standard InChI is InChI=1S/C14H14ClF3N4O3S2/c15-13-12(19-20-26-13)9-21-5-7-22(8-6-21)27(23,24)11-3-1-10(2-4-11)25-14(16,17)18/h1-4H,5-9H2. The monoisotopic (exact) mass is 442 g/mol. The summed E-state index contributed by atoms with van der Waals surface area (Å²) < 4.78 is 71.2. The third-order valence-electron chi connectivity index (χ3n) is 3.91. The summed E-state index contributed by atoms with van der Waals surface area (Å²) >= 11 is 7.06. The lowest BCUT2D eigenvalue weighted by atomic mass is 10.3. The molecule has 1 aliphatic rings. The van der Waals surface area contributed by atoms with Crippen LogP contribution < -0.4 is 4.74 Å². The molecule has 0 radical (unpaired) electrons. The molecule has 1 aromatic heterocycles. The Labute approximate surface area is 162 Å². The van der Waals surface area contributed by atoms with Crippen LogP contribution in [-0.4, -0.2) is 59.8 Å². The molecule has 2 heterocycles. The van der Waals surface area contributed by atoms with E-state index in [-0.39, 0.29) is 18.0 Å². The molecule has 0 N–H and O–H groups in total. The number of ether oxygens (including phenoxy) is 1. The van der Waals surface area contributed by atoms with E-state index in [9.17, 15) is 21.6 Å². The number of rotatable bonds is 5. The highest BCUT2D eigenvalue weighted by Gasteiger charge is 2.32. The summed E-state index contributed by atoms with van der Waals surface area (Å²) in [5.74, 6) is -0.472. The van der Waals surface area contributed by atoms with Crippen LogP contribution in [0.1, 0.15) is 5.69 Å². The van der Waals surface area contributed by atoms with Gasteiger partial charge in [-0.15, -0.1) is 18.3 Å². The predicted octanol–water partition coefficient (Wildman–Crippen LogP) is 2.60. The molecule has 0 spiro atoms. The van der Waals surface area contributed by atoms with E-state index in [1.807, 2.05) is 4.90 Å². The third kappa shape index (κ3) is 5.08. The van der Waals surface area contributed by atoms with Crippen molar-refractivity contribution in [3.63, 3.8) is 0 Å². The van der Waals surface area contributed by atoms with Gasteiger partial charge in [0.15, 0.2) is 0 Å². The molecule has 7 nitrogen and oxygen atoms in total. The molecular weight excluding hydrogens is 429 g/mol. The number of aromatic nitrogens is 2. The summed E-state index contributed by atoms with van der Waals surface area (Å²) in [4.78, 5) is 1.92. The largest absolute Gasteiger partial charge is 0.573 e. The van der Waals surface area contributed by atoms with E-state index in [0.29, 0.717) is 29.7 Å². The summed E-state index contributed by atoms with van der Waals surface area (Å²) in [6.07, 6.45) is -4.83. The van der Waals surface area contributed by atoms with Gasteiger partial charge >= 0.3 is 6.36 Å². The van der Waals surface area contributed by atoms with E-state index in [4.69, 9.17) is 11.6 Å². The average Bonchev–Trinajstić information content (AvgIpc) is 2.99. The first-order valence-corrected chi connectivity index (χ1v) is 10.3. The lowest BCUT2D eigenvalue weighted by molar-refractivity contribution is -0.274. The number of piperazine rings is 1. The number of benzene rings is 1. The van der Waals surface area contributed by atoms with Gasteiger partial charge in [0.05, 0.1) is 4.90 Å². The molecule has 2 aromatic rings. The number of hydrogen-bond acceptors (Lipinski definition) is 7. The Morgan fingerprint density at radius 2 is 1.78 bits per heavy atom. The van der Waals surface area contributed by atoms with Crippen LogP contribution in [0.15, 0.2) is 29.2 Å². The Balaban J connectivity index is 1.62. The minimum absolute atomic E-state index is 0.0859. The van der Waals surface area contributed by atoms with Gasteiger partial charge in [0, 0.05) is 44.3 Å². The van der Waals surface area contributed by atoms with Gasteiger partial charge in [-0.1, -0.05) is 16.1 Å². The zero-order chi connectivity index (χ0) is 19.7. The van der Waals surface area contributed by atoms with Crippen molar-refractivity contribution in [3.8, 4) is 5.75 Å². The Morgan fingerprint density at radius 3 is 2.30 bits per heavy atom. The number of hydrogen-bond donors (Lipinski definition) is 0. The van der Waals surface area contributed by atoms with Crippen molar-refractivity contribution >= 4 is 33.2 Å². The minimum atomic E-state index is -4.83. The first-order chi connectivity index (χ1) is 12.6. The Kier molecular flexibility index (Phi) is 5.91. The van der Waals surface area contributed by atoms with E-state index in [0.717, 1.165) is 35.8 Å². The lowest BCUT2D eigenvalue weighted by Gasteiger charge is -2.33. The van der Waals surface area contributed by atoms with E-state index >= 15 is 0 Å². The molecule has 0 atom stereocenters. The van der Waals surface area contributed by atoms with Crippen LogP contribution in [0, 0.1) is 0 Å². The van der Waals surface area contributed by atoms with Gasteiger partial charge in [0.2, 0.25) is 10.0 Å². The topological polar surface area (TPSA) is 75.6 Å². The van der Waals surface area contributed by atoms with Gasteiger partial charge < -0.3 is 4.74 Å². The van der Waals surface area contributed by atoms with E-state index in [2.05, 4.69) is 14.3 Å². The first-order valence-electron chi connectivity index (χ1n) is 7.70. The van der Waals surface area contributed by atoms with Gasteiger partial charge in [-0.2, -0.15) is 4.31 Å². The van der Waals surface area contributed by atoms with Crippen molar-refractivity contribution in [2.24, 2.45) is 0 Å². The second-order valence-corrected chi connectivity index (χ2v) is 8.99. The molecule has 0 unspecified atom stereocenters. The van der Waals surface area contributed by atoms with Crippen LogP contribution in [0.3, 0.4) is 0 Å². The smallest absolute Gasteiger partial charge is 0.406 e. The Morgan fingerprint density at radius 1 is 1.15 bits per heavy atom. The minimum Gasteiger partial charge on any atom is -0.406 e. The van der Waals surface area contributed by atoms with Crippen molar-refractivity contribution in [1.29, 1.82) is 0 Å². The van der Waals surface area contributed by atoms with Crippen LogP contribution >= 0.6 is 23.1 Å². The summed E-state index contributed by atoms with van der Waals surface area (Å²) in [5.41, 5.74) is 0.651. The summed E-state index contributed by atoms with van der Waals surface area (Å²) in [5, 5.41) is 3.93. The summed E-state index contributed by atoms with van der Waals surface area (Å²) in [7, 11) is -3.80. The summed E-state index contributed by atoms with van der Waals surface area (Å²) in [6.45, 7) is 1.92. The van der Waals surface area contributed by atoms with Crippen LogP contribution in [-0.2, 0) is 16.6 Å². The van der Waals surface area contributed by atoms with Crippen molar-refractivity contribution in [2.75, 3.05) is 26.2 Å². The van der Waals surface area contributed by atoms with E-state index in [1.165, 1.54) is 4.31 Å². The summed E-state index contributed by atoms with van der Waals surface area (Å²) in [6, 6.07) is 4.16. The molecule has 0 bridgehead atoms. The van der Waals surface area contributed by atoms with Gasteiger partial charge in [-0.05, 0) is 24.3 Å². The molecule has 3 rings (SSSR count). The van der Waals surface area contributed by atoms with Gasteiger partial charge in [-0.3, -0.25) is 4.90 Å². The van der Waals surface area contributed by atoms with Crippen molar-refractivity contribution < 1.29 is 26.3 Å². The predicted molar refractivity (Wildman–Crippen MR) is 92.1 cm³/mol. The number of halogens is 4. The SMILES string of the molecule is O=S(=O)(c1ccc(OC(F)(F)F)cc1)N1CCN(Cc2nnsc2Cl)CC1. The molecule has 148 valence electrons. The van der Waals surface area contributed by atoms with Crippen LogP contribution in [0.5, 0.6) is 5.75 Å². The third-order valence-corrected chi connectivity index (χ3v) is 6.81. The molecule has 1 aliphatic heterocycles. The molecule has 13 heteroatoms. The maximum absolute atomic E-state index is 12.7.